The third-order valence-corrected chi connectivity index (χ3v) is 4.21. The van der Waals surface area contributed by atoms with E-state index in [2.05, 4.69) is 15.6 Å². The van der Waals surface area contributed by atoms with Crippen LogP contribution in [-0.2, 0) is 17.9 Å². The summed E-state index contributed by atoms with van der Waals surface area (Å²) in [5.41, 5.74) is 2.57. The molecule has 0 fully saturated rings. The predicted molar refractivity (Wildman–Crippen MR) is 106 cm³/mol. The van der Waals surface area contributed by atoms with E-state index in [1.54, 1.807) is 30.7 Å². The lowest BCUT2D eigenvalue weighted by Crippen LogP contribution is -2.25. The summed E-state index contributed by atoms with van der Waals surface area (Å²) in [6, 6.07) is 14.4. The van der Waals surface area contributed by atoms with Gasteiger partial charge in [-0.1, -0.05) is 36.4 Å². The molecule has 0 aliphatic rings. The van der Waals surface area contributed by atoms with Crippen molar-refractivity contribution in [2.45, 2.75) is 19.5 Å². The van der Waals surface area contributed by atoms with E-state index < -0.39 is 4.92 Å². The Morgan fingerprint density at radius 3 is 2.57 bits per heavy atom. The molecule has 2 N–H and O–H groups in total. The summed E-state index contributed by atoms with van der Waals surface area (Å²) in [4.78, 5) is 26.6. The van der Waals surface area contributed by atoms with Crippen LogP contribution in [0, 0.1) is 10.1 Å². The summed E-state index contributed by atoms with van der Waals surface area (Å²) < 4.78 is 1.99. The Bertz CT molecular complexity index is 923. The summed E-state index contributed by atoms with van der Waals surface area (Å²) in [5.74, 6) is -0.117. The highest BCUT2D eigenvalue weighted by molar-refractivity contribution is 5.76. The van der Waals surface area contributed by atoms with Crippen molar-refractivity contribution in [2.75, 3.05) is 11.9 Å². The van der Waals surface area contributed by atoms with E-state index in [0.717, 1.165) is 17.7 Å². The molecule has 0 bridgehead atoms. The smallest absolute Gasteiger partial charge is 0.292 e. The minimum absolute atomic E-state index is 0.00121. The van der Waals surface area contributed by atoms with Crippen LogP contribution in [0.1, 0.15) is 17.5 Å². The van der Waals surface area contributed by atoms with Gasteiger partial charge in [-0.2, -0.15) is 0 Å². The molecule has 1 aromatic heterocycles. The standard InChI is InChI=1S/C20H21N5O3/c26-20(9-10-22-18-3-1-2-4-19(18)25(27)28)23-13-16-5-7-17(8-6-16)14-24-12-11-21-15-24/h1-8,11-12,15,22H,9-10,13-14H2,(H,23,26). The predicted octanol–water partition coefficient (Wildman–Crippen LogP) is 2.96. The minimum Gasteiger partial charge on any atom is -0.379 e. The molecule has 28 heavy (non-hydrogen) atoms. The van der Waals surface area contributed by atoms with Gasteiger partial charge in [0.25, 0.3) is 5.69 Å². The average molecular weight is 379 g/mol. The highest BCUT2D eigenvalue weighted by atomic mass is 16.6. The average Bonchev–Trinajstić information content (AvgIpc) is 3.21. The number of carbonyl (C=O) groups excluding carboxylic acids is 1. The molecule has 0 radical (unpaired) electrons. The van der Waals surface area contributed by atoms with Crippen LogP contribution < -0.4 is 10.6 Å². The van der Waals surface area contributed by atoms with Gasteiger partial charge in [-0.3, -0.25) is 14.9 Å². The van der Waals surface area contributed by atoms with Crippen molar-refractivity contribution in [3.8, 4) is 0 Å². The zero-order valence-electron chi connectivity index (χ0n) is 15.2. The Kier molecular flexibility index (Phi) is 6.35. The SMILES string of the molecule is O=C(CCNc1ccccc1[N+](=O)[O-])NCc1ccc(Cn2ccnc2)cc1. The molecule has 3 rings (SSSR count). The molecule has 0 unspecified atom stereocenters. The van der Waals surface area contributed by atoms with Gasteiger partial charge in [0.05, 0.1) is 11.3 Å². The second kappa shape index (κ2) is 9.31. The van der Waals surface area contributed by atoms with Gasteiger partial charge in [-0.25, -0.2) is 4.98 Å². The van der Waals surface area contributed by atoms with Crippen LogP contribution in [0.3, 0.4) is 0 Å². The molecule has 0 spiro atoms. The fraction of sp³-hybridized carbons (Fsp3) is 0.200. The molecule has 8 heteroatoms. The van der Waals surface area contributed by atoms with Crippen LogP contribution in [0.2, 0.25) is 0 Å². The van der Waals surface area contributed by atoms with Gasteiger partial charge in [0, 0.05) is 44.5 Å². The molecule has 1 amide bonds. The fourth-order valence-corrected chi connectivity index (χ4v) is 2.74. The molecule has 3 aromatic rings. The van der Waals surface area contributed by atoms with E-state index in [9.17, 15) is 14.9 Å². The lowest BCUT2D eigenvalue weighted by atomic mass is 10.1. The van der Waals surface area contributed by atoms with Crippen molar-refractivity contribution in [2.24, 2.45) is 0 Å². The first kappa shape index (κ1) is 19.1. The maximum atomic E-state index is 12.0. The number of carbonyl (C=O) groups is 1. The highest BCUT2D eigenvalue weighted by Crippen LogP contribution is 2.22. The van der Waals surface area contributed by atoms with Crippen LogP contribution in [-0.4, -0.2) is 26.9 Å². The second-order valence-corrected chi connectivity index (χ2v) is 6.28. The van der Waals surface area contributed by atoms with Crippen molar-refractivity contribution in [3.05, 3.63) is 88.5 Å². The van der Waals surface area contributed by atoms with Crippen molar-refractivity contribution in [1.82, 2.24) is 14.9 Å². The number of anilines is 1. The van der Waals surface area contributed by atoms with Crippen LogP contribution in [0.4, 0.5) is 11.4 Å². The van der Waals surface area contributed by atoms with Gasteiger partial charge in [-0.15, -0.1) is 0 Å². The van der Waals surface area contributed by atoms with Gasteiger partial charge >= 0.3 is 0 Å². The molecular weight excluding hydrogens is 358 g/mol. The lowest BCUT2D eigenvalue weighted by molar-refractivity contribution is -0.384. The summed E-state index contributed by atoms with van der Waals surface area (Å²) >= 11 is 0. The van der Waals surface area contributed by atoms with Gasteiger partial charge < -0.3 is 15.2 Å². The van der Waals surface area contributed by atoms with Crippen molar-refractivity contribution in [1.29, 1.82) is 0 Å². The largest absolute Gasteiger partial charge is 0.379 e. The number of hydrogen-bond donors (Lipinski definition) is 2. The number of rotatable bonds is 9. The van der Waals surface area contributed by atoms with Gasteiger partial charge in [0.2, 0.25) is 5.91 Å². The number of benzene rings is 2. The molecule has 1 heterocycles. The normalized spacial score (nSPS) is 10.4. The summed E-state index contributed by atoms with van der Waals surface area (Å²) in [7, 11) is 0. The van der Waals surface area contributed by atoms with Gasteiger partial charge in [0.15, 0.2) is 0 Å². The van der Waals surface area contributed by atoms with Crippen LogP contribution in [0.25, 0.3) is 0 Å². The number of nitrogens with one attached hydrogen (secondary N) is 2. The minimum atomic E-state index is -0.446. The van der Waals surface area contributed by atoms with Crippen LogP contribution >= 0.6 is 0 Å². The van der Waals surface area contributed by atoms with E-state index in [1.807, 2.05) is 35.0 Å². The second-order valence-electron chi connectivity index (χ2n) is 6.28. The highest BCUT2D eigenvalue weighted by Gasteiger charge is 2.12. The van der Waals surface area contributed by atoms with Crippen LogP contribution in [0.15, 0.2) is 67.3 Å². The zero-order chi connectivity index (χ0) is 19.8. The Morgan fingerprint density at radius 1 is 1.11 bits per heavy atom. The number of nitro benzene ring substituents is 1. The fourth-order valence-electron chi connectivity index (χ4n) is 2.74. The summed E-state index contributed by atoms with van der Waals surface area (Å²) in [5, 5.41) is 16.8. The monoisotopic (exact) mass is 379 g/mol. The summed E-state index contributed by atoms with van der Waals surface area (Å²) in [6.45, 7) is 1.51. The maximum Gasteiger partial charge on any atom is 0.292 e. The number of nitrogens with zero attached hydrogens (tertiary/aromatic N) is 3. The lowest BCUT2D eigenvalue weighted by Gasteiger charge is -2.09. The molecule has 0 aliphatic carbocycles. The first-order chi connectivity index (χ1) is 13.6. The molecule has 144 valence electrons. The van der Waals surface area contributed by atoms with E-state index in [4.69, 9.17) is 0 Å². The zero-order valence-corrected chi connectivity index (χ0v) is 15.2. The Morgan fingerprint density at radius 2 is 1.86 bits per heavy atom. The van der Waals surface area contributed by atoms with Crippen molar-refractivity contribution >= 4 is 17.3 Å². The first-order valence-electron chi connectivity index (χ1n) is 8.89. The first-order valence-corrected chi connectivity index (χ1v) is 8.89. The van der Waals surface area contributed by atoms with E-state index in [0.29, 0.717) is 18.8 Å². The molecule has 0 atom stereocenters. The van der Waals surface area contributed by atoms with Crippen molar-refractivity contribution in [3.63, 3.8) is 0 Å². The Balaban J connectivity index is 1.41. The molecule has 0 aliphatic heterocycles. The third-order valence-electron chi connectivity index (χ3n) is 4.21. The molecule has 8 nitrogen and oxygen atoms in total. The molecule has 0 saturated heterocycles. The molecule has 0 saturated carbocycles. The topological polar surface area (TPSA) is 102 Å². The van der Waals surface area contributed by atoms with Crippen LogP contribution in [0.5, 0.6) is 0 Å². The maximum absolute atomic E-state index is 12.0. The van der Waals surface area contributed by atoms with Crippen molar-refractivity contribution < 1.29 is 9.72 Å². The van der Waals surface area contributed by atoms with E-state index in [1.165, 1.54) is 6.07 Å². The quantitative estimate of drug-likeness (QED) is 0.440. The Labute approximate surface area is 162 Å². The summed E-state index contributed by atoms with van der Waals surface area (Å²) in [6.07, 6.45) is 5.65. The van der Waals surface area contributed by atoms with Gasteiger partial charge in [0.1, 0.15) is 5.69 Å². The number of aromatic nitrogens is 2. The molecule has 2 aromatic carbocycles. The number of imidazole rings is 1. The van der Waals surface area contributed by atoms with E-state index >= 15 is 0 Å². The number of para-hydroxylation sites is 2. The number of amides is 1. The Hall–Kier alpha value is -3.68. The number of hydrogen-bond acceptors (Lipinski definition) is 5. The number of nitro groups is 1. The third kappa shape index (κ3) is 5.41. The van der Waals surface area contributed by atoms with Gasteiger partial charge in [-0.05, 0) is 17.2 Å². The van der Waals surface area contributed by atoms with E-state index in [-0.39, 0.29) is 18.0 Å². The molecular formula is C20H21N5O3.